The van der Waals surface area contributed by atoms with Crippen LogP contribution in [0.5, 0.6) is 11.5 Å². The predicted octanol–water partition coefficient (Wildman–Crippen LogP) is 2.62. The largest absolute Gasteiger partial charge is 0.493 e. The Morgan fingerprint density at radius 1 is 1.71 bits per heavy atom. The first kappa shape index (κ1) is 12.1. The van der Waals surface area contributed by atoms with Gasteiger partial charge in [0.25, 0.3) is 0 Å². The summed E-state index contributed by atoms with van der Waals surface area (Å²) in [6.45, 7) is 2.30. The molecule has 0 aromatic heterocycles. The standard InChI is InChI=1S/C12H12BrNO3/c1-7-3-9-11(13)8(5-14-6-15)4-10(16-2)12(9)17-7/h4,7H,3,5H2,1-2H3. The maximum atomic E-state index is 10.2. The molecular formula is C12H12BrNO3. The van der Waals surface area contributed by atoms with Gasteiger partial charge in [-0.1, -0.05) is 15.9 Å². The minimum Gasteiger partial charge on any atom is -0.493 e. The Labute approximate surface area is 108 Å². The minimum absolute atomic E-state index is 0.139. The fraction of sp³-hybridized carbons (Fsp3) is 0.417. The van der Waals surface area contributed by atoms with Crippen molar-refractivity contribution >= 4 is 22.0 Å². The van der Waals surface area contributed by atoms with E-state index in [1.54, 1.807) is 7.11 Å². The third kappa shape index (κ3) is 2.21. The minimum atomic E-state index is 0.139. The molecule has 1 unspecified atom stereocenters. The fourth-order valence-corrected chi connectivity index (χ4v) is 2.54. The zero-order valence-corrected chi connectivity index (χ0v) is 11.2. The van der Waals surface area contributed by atoms with Crippen LogP contribution < -0.4 is 9.47 Å². The van der Waals surface area contributed by atoms with Gasteiger partial charge < -0.3 is 9.47 Å². The number of benzene rings is 1. The lowest BCUT2D eigenvalue weighted by Crippen LogP contribution is -2.05. The topological polar surface area (TPSA) is 47.9 Å². The normalized spacial score (nSPS) is 17.0. The van der Waals surface area contributed by atoms with Gasteiger partial charge in [-0.25, -0.2) is 9.79 Å². The van der Waals surface area contributed by atoms with Crippen molar-refractivity contribution in [1.82, 2.24) is 0 Å². The SMILES string of the molecule is COc1cc(CN=C=O)c(Br)c2c1OC(C)C2. The molecule has 0 saturated heterocycles. The van der Waals surface area contributed by atoms with Crippen molar-refractivity contribution in [1.29, 1.82) is 0 Å². The highest BCUT2D eigenvalue weighted by atomic mass is 79.9. The quantitative estimate of drug-likeness (QED) is 0.636. The van der Waals surface area contributed by atoms with Gasteiger partial charge in [-0.15, -0.1) is 0 Å². The molecule has 1 aliphatic heterocycles. The van der Waals surface area contributed by atoms with Crippen LogP contribution in [0.1, 0.15) is 18.1 Å². The Morgan fingerprint density at radius 2 is 2.47 bits per heavy atom. The molecule has 1 aliphatic rings. The average Bonchev–Trinajstić information content (AvgIpc) is 2.71. The molecule has 17 heavy (non-hydrogen) atoms. The van der Waals surface area contributed by atoms with Crippen molar-refractivity contribution < 1.29 is 14.3 Å². The Hall–Kier alpha value is -1.32. The van der Waals surface area contributed by atoms with Gasteiger partial charge in [0, 0.05) is 16.5 Å². The molecule has 1 aromatic carbocycles. The van der Waals surface area contributed by atoms with Gasteiger partial charge in [-0.2, -0.15) is 0 Å². The molecule has 0 fully saturated rings. The summed E-state index contributed by atoms with van der Waals surface area (Å²) in [5.41, 5.74) is 1.98. The van der Waals surface area contributed by atoms with Crippen LogP contribution in [0.25, 0.3) is 0 Å². The highest BCUT2D eigenvalue weighted by Gasteiger charge is 2.27. The van der Waals surface area contributed by atoms with E-state index in [1.165, 1.54) is 6.08 Å². The molecule has 0 saturated carbocycles. The van der Waals surface area contributed by atoms with Gasteiger partial charge in [0.15, 0.2) is 11.5 Å². The number of ether oxygens (including phenoxy) is 2. The Bertz CT molecular complexity index is 495. The van der Waals surface area contributed by atoms with Gasteiger partial charge in [0.2, 0.25) is 6.08 Å². The second-order valence-corrected chi connectivity index (χ2v) is 4.69. The molecule has 0 N–H and O–H groups in total. The number of rotatable bonds is 3. The van der Waals surface area contributed by atoms with E-state index < -0.39 is 0 Å². The monoisotopic (exact) mass is 297 g/mol. The molecular weight excluding hydrogens is 286 g/mol. The van der Waals surface area contributed by atoms with E-state index in [4.69, 9.17) is 9.47 Å². The van der Waals surface area contributed by atoms with Crippen LogP contribution in [0.4, 0.5) is 0 Å². The second kappa shape index (κ2) is 4.90. The Balaban J connectivity index is 2.51. The van der Waals surface area contributed by atoms with Crippen LogP contribution in [-0.2, 0) is 17.8 Å². The second-order valence-electron chi connectivity index (χ2n) is 3.90. The molecule has 5 heteroatoms. The highest BCUT2D eigenvalue weighted by Crippen LogP contribution is 2.44. The van der Waals surface area contributed by atoms with Crippen molar-refractivity contribution in [3.8, 4) is 11.5 Å². The number of nitrogens with zero attached hydrogens (tertiary/aromatic N) is 1. The number of hydrogen-bond donors (Lipinski definition) is 0. The van der Waals surface area contributed by atoms with E-state index in [9.17, 15) is 4.79 Å². The molecule has 0 bridgehead atoms. The molecule has 0 aliphatic carbocycles. The first-order valence-corrected chi connectivity index (χ1v) is 6.05. The Morgan fingerprint density at radius 3 is 3.12 bits per heavy atom. The average molecular weight is 298 g/mol. The molecule has 0 radical (unpaired) electrons. The van der Waals surface area contributed by atoms with E-state index in [1.807, 2.05) is 13.0 Å². The van der Waals surface area contributed by atoms with Crippen molar-refractivity contribution in [2.45, 2.75) is 26.0 Å². The van der Waals surface area contributed by atoms with Crippen LogP contribution in [-0.4, -0.2) is 19.3 Å². The Kier molecular flexibility index (Phi) is 3.50. The van der Waals surface area contributed by atoms with E-state index >= 15 is 0 Å². The first-order valence-electron chi connectivity index (χ1n) is 5.26. The third-order valence-electron chi connectivity index (χ3n) is 2.69. The maximum Gasteiger partial charge on any atom is 0.235 e. The lowest BCUT2D eigenvalue weighted by molar-refractivity contribution is 0.243. The molecule has 4 nitrogen and oxygen atoms in total. The van der Waals surface area contributed by atoms with Crippen LogP contribution >= 0.6 is 15.9 Å². The van der Waals surface area contributed by atoms with E-state index in [2.05, 4.69) is 20.9 Å². The van der Waals surface area contributed by atoms with Gasteiger partial charge in [-0.05, 0) is 18.6 Å². The highest BCUT2D eigenvalue weighted by molar-refractivity contribution is 9.10. The summed E-state index contributed by atoms with van der Waals surface area (Å²) < 4.78 is 11.9. The molecule has 90 valence electrons. The third-order valence-corrected chi connectivity index (χ3v) is 3.68. The predicted molar refractivity (Wildman–Crippen MR) is 66.3 cm³/mol. The summed E-state index contributed by atoms with van der Waals surface area (Å²) in [5, 5.41) is 0. The zero-order chi connectivity index (χ0) is 12.4. The van der Waals surface area contributed by atoms with Gasteiger partial charge in [0.1, 0.15) is 6.10 Å². The molecule has 1 heterocycles. The van der Waals surface area contributed by atoms with Crippen LogP contribution in [0.3, 0.4) is 0 Å². The number of aliphatic imine (C=N–C) groups is 1. The number of fused-ring (bicyclic) bond motifs is 1. The smallest absolute Gasteiger partial charge is 0.235 e. The van der Waals surface area contributed by atoms with Crippen molar-refractivity contribution in [3.05, 3.63) is 21.7 Å². The van der Waals surface area contributed by atoms with Crippen molar-refractivity contribution in [2.24, 2.45) is 4.99 Å². The van der Waals surface area contributed by atoms with Gasteiger partial charge in [-0.3, -0.25) is 0 Å². The zero-order valence-electron chi connectivity index (χ0n) is 9.62. The number of halogens is 1. The van der Waals surface area contributed by atoms with Gasteiger partial charge in [0.05, 0.1) is 13.7 Å². The number of hydrogen-bond acceptors (Lipinski definition) is 4. The summed E-state index contributed by atoms with van der Waals surface area (Å²) in [6.07, 6.45) is 2.50. The van der Waals surface area contributed by atoms with Crippen LogP contribution in [0.2, 0.25) is 0 Å². The fourth-order valence-electron chi connectivity index (χ4n) is 1.96. The molecule has 0 amide bonds. The lowest BCUT2D eigenvalue weighted by Gasteiger charge is -2.11. The molecule has 1 aromatic rings. The van der Waals surface area contributed by atoms with E-state index in [-0.39, 0.29) is 6.10 Å². The van der Waals surface area contributed by atoms with Crippen molar-refractivity contribution in [3.63, 3.8) is 0 Å². The number of methoxy groups -OCH3 is 1. The molecule has 0 spiro atoms. The first-order chi connectivity index (χ1) is 8.17. The molecule has 2 rings (SSSR count). The van der Waals surface area contributed by atoms with Gasteiger partial charge >= 0.3 is 0 Å². The van der Waals surface area contributed by atoms with E-state index in [0.717, 1.165) is 27.8 Å². The molecule has 1 atom stereocenters. The van der Waals surface area contributed by atoms with Crippen LogP contribution in [0, 0.1) is 0 Å². The summed E-state index contributed by atoms with van der Waals surface area (Å²) in [6, 6.07) is 1.84. The summed E-state index contributed by atoms with van der Waals surface area (Å²) in [7, 11) is 1.60. The lowest BCUT2D eigenvalue weighted by atomic mass is 10.1. The summed E-state index contributed by atoms with van der Waals surface area (Å²) in [5.74, 6) is 1.47. The maximum absolute atomic E-state index is 10.2. The number of carbonyl (C=O) groups excluding carboxylic acids is 1. The van der Waals surface area contributed by atoms with E-state index in [0.29, 0.717) is 12.3 Å². The summed E-state index contributed by atoms with van der Waals surface area (Å²) in [4.78, 5) is 13.8. The van der Waals surface area contributed by atoms with Crippen LogP contribution in [0.15, 0.2) is 15.5 Å². The van der Waals surface area contributed by atoms with Crippen molar-refractivity contribution in [2.75, 3.05) is 7.11 Å². The summed E-state index contributed by atoms with van der Waals surface area (Å²) >= 11 is 3.53. The number of isocyanates is 1.